The molecule has 0 saturated heterocycles. The minimum absolute atomic E-state index is 0.0264. The molecule has 0 aromatic carbocycles. The van der Waals surface area contributed by atoms with E-state index in [0.29, 0.717) is 0 Å². The molecular weight excluding hydrogens is 173 g/mol. The molecule has 6 heteroatoms. The van der Waals surface area contributed by atoms with E-state index in [1.54, 1.807) is 0 Å². The van der Waals surface area contributed by atoms with Gasteiger partial charge in [0.1, 0.15) is 6.04 Å². The molecule has 0 bridgehead atoms. The predicted molar refractivity (Wildman–Crippen MR) is 38.6 cm³/mol. The second-order valence-corrected chi connectivity index (χ2v) is 2.50. The number of nitrogens with two attached hydrogens (primary N) is 1. The standard InChI is InChI=1S/C6H13F3N2O/c1-11(2-3-12)5(4-10)6(7,8)9/h5,12H,2-4,10H2,1H3. The number of alkyl halides is 3. The molecule has 0 rings (SSSR count). The lowest BCUT2D eigenvalue weighted by Gasteiger charge is -2.27. The van der Waals surface area contributed by atoms with Crippen molar-refractivity contribution in [1.29, 1.82) is 0 Å². The molecule has 0 heterocycles. The highest BCUT2D eigenvalue weighted by molar-refractivity contribution is 4.77. The van der Waals surface area contributed by atoms with E-state index in [9.17, 15) is 13.2 Å². The van der Waals surface area contributed by atoms with Crippen molar-refractivity contribution in [2.45, 2.75) is 12.2 Å². The van der Waals surface area contributed by atoms with Crippen molar-refractivity contribution in [2.75, 3.05) is 26.7 Å². The number of rotatable bonds is 4. The van der Waals surface area contributed by atoms with Crippen LogP contribution in [-0.4, -0.2) is 49.0 Å². The first-order valence-electron chi connectivity index (χ1n) is 3.51. The van der Waals surface area contributed by atoms with Gasteiger partial charge in [0.2, 0.25) is 0 Å². The average molecular weight is 186 g/mol. The van der Waals surface area contributed by atoms with Gasteiger partial charge in [-0.3, -0.25) is 4.90 Å². The summed E-state index contributed by atoms with van der Waals surface area (Å²) in [4.78, 5) is 0.986. The molecular formula is C6H13F3N2O. The summed E-state index contributed by atoms with van der Waals surface area (Å²) in [6, 6.07) is -1.66. The molecule has 1 unspecified atom stereocenters. The third-order valence-electron chi connectivity index (χ3n) is 1.59. The topological polar surface area (TPSA) is 49.5 Å². The maximum Gasteiger partial charge on any atom is 0.405 e. The third kappa shape index (κ3) is 3.38. The zero-order valence-electron chi connectivity index (χ0n) is 6.80. The number of nitrogens with zero attached hydrogens (tertiary/aromatic N) is 1. The fourth-order valence-corrected chi connectivity index (χ4v) is 0.877. The van der Waals surface area contributed by atoms with Gasteiger partial charge >= 0.3 is 6.18 Å². The van der Waals surface area contributed by atoms with Crippen LogP contribution in [0.25, 0.3) is 0 Å². The van der Waals surface area contributed by atoms with Crippen LogP contribution in [0.5, 0.6) is 0 Å². The number of hydrogen-bond donors (Lipinski definition) is 2. The van der Waals surface area contributed by atoms with Gasteiger partial charge in [-0.25, -0.2) is 0 Å². The summed E-state index contributed by atoms with van der Waals surface area (Å²) in [7, 11) is 1.28. The van der Waals surface area contributed by atoms with Crippen molar-refractivity contribution in [2.24, 2.45) is 5.73 Å². The van der Waals surface area contributed by atoms with Gasteiger partial charge in [-0.2, -0.15) is 13.2 Å². The van der Waals surface area contributed by atoms with E-state index in [4.69, 9.17) is 10.8 Å². The first-order valence-corrected chi connectivity index (χ1v) is 3.51. The Balaban J connectivity index is 4.14. The Labute approximate surface area is 69.0 Å². The van der Waals surface area contributed by atoms with E-state index < -0.39 is 18.8 Å². The number of aliphatic hydroxyl groups is 1. The largest absolute Gasteiger partial charge is 0.405 e. The maximum absolute atomic E-state index is 12.1. The third-order valence-corrected chi connectivity index (χ3v) is 1.59. The number of hydrogen-bond acceptors (Lipinski definition) is 3. The van der Waals surface area contributed by atoms with Crippen LogP contribution in [0.2, 0.25) is 0 Å². The Kier molecular flexibility index (Phi) is 4.51. The minimum atomic E-state index is -4.32. The van der Waals surface area contributed by atoms with Crippen molar-refractivity contribution in [1.82, 2.24) is 4.90 Å². The summed E-state index contributed by atoms with van der Waals surface area (Å²) < 4.78 is 36.3. The van der Waals surface area contributed by atoms with Crippen molar-refractivity contribution in [3.05, 3.63) is 0 Å². The summed E-state index contributed by atoms with van der Waals surface area (Å²) in [6.45, 7) is -0.815. The number of likely N-dealkylation sites (N-methyl/N-ethyl adjacent to an activating group) is 1. The van der Waals surface area contributed by atoms with E-state index in [-0.39, 0.29) is 13.2 Å². The minimum Gasteiger partial charge on any atom is -0.395 e. The van der Waals surface area contributed by atoms with Gasteiger partial charge in [-0.05, 0) is 7.05 Å². The Morgan fingerprint density at radius 1 is 1.50 bits per heavy atom. The van der Waals surface area contributed by atoms with Crippen LogP contribution in [-0.2, 0) is 0 Å². The highest BCUT2D eigenvalue weighted by Crippen LogP contribution is 2.22. The van der Waals surface area contributed by atoms with Crippen molar-refractivity contribution in [3.63, 3.8) is 0 Å². The van der Waals surface area contributed by atoms with Gasteiger partial charge in [0.15, 0.2) is 0 Å². The van der Waals surface area contributed by atoms with Crippen LogP contribution < -0.4 is 5.73 Å². The van der Waals surface area contributed by atoms with Gasteiger partial charge in [0.25, 0.3) is 0 Å². The average Bonchev–Trinajstić information content (AvgIpc) is 1.85. The second-order valence-electron chi connectivity index (χ2n) is 2.50. The summed E-state index contributed by atoms with van der Waals surface area (Å²) in [5.41, 5.74) is 4.95. The van der Waals surface area contributed by atoms with Crippen LogP contribution in [0.4, 0.5) is 13.2 Å². The van der Waals surface area contributed by atoms with Crippen LogP contribution in [0.3, 0.4) is 0 Å². The molecule has 0 amide bonds. The molecule has 0 aromatic heterocycles. The van der Waals surface area contributed by atoms with E-state index in [1.807, 2.05) is 0 Å². The van der Waals surface area contributed by atoms with Gasteiger partial charge in [0.05, 0.1) is 6.61 Å². The quantitative estimate of drug-likeness (QED) is 0.639. The molecule has 0 aliphatic rings. The van der Waals surface area contributed by atoms with Crippen LogP contribution in [0, 0.1) is 0 Å². The van der Waals surface area contributed by atoms with Gasteiger partial charge < -0.3 is 10.8 Å². The molecule has 0 fully saturated rings. The SMILES string of the molecule is CN(CCO)C(CN)C(F)(F)F. The Morgan fingerprint density at radius 2 is 2.00 bits per heavy atom. The van der Waals surface area contributed by atoms with E-state index in [1.165, 1.54) is 7.05 Å². The van der Waals surface area contributed by atoms with Gasteiger partial charge in [-0.15, -0.1) is 0 Å². The van der Waals surface area contributed by atoms with Crippen LogP contribution in [0.1, 0.15) is 0 Å². The zero-order chi connectivity index (χ0) is 9.78. The predicted octanol–water partition coefficient (Wildman–Crippen LogP) is -0.200. The van der Waals surface area contributed by atoms with Crippen molar-refractivity contribution >= 4 is 0 Å². The lowest BCUT2D eigenvalue weighted by molar-refractivity contribution is -0.178. The molecule has 0 radical (unpaired) electrons. The lowest BCUT2D eigenvalue weighted by Crippen LogP contribution is -2.49. The molecule has 0 aliphatic heterocycles. The Hall–Kier alpha value is -0.330. The number of aliphatic hydroxyl groups excluding tert-OH is 1. The molecule has 3 nitrogen and oxygen atoms in total. The molecule has 0 spiro atoms. The molecule has 0 saturated carbocycles. The first kappa shape index (κ1) is 11.7. The highest BCUT2D eigenvalue weighted by Gasteiger charge is 2.40. The van der Waals surface area contributed by atoms with Gasteiger partial charge in [-0.1, -0.05) is 0 Å². The van der Waals surface area contributed by atoms with Crippen molar-refractivity contribution in [3.8, 4) is 0 Å². The summed E-state index contributed by atoms with van der Waals surface area (Å²) in [6.07, 6.45) is -4.32. The number of halogens is 3. The van der Waals surface area contributed by atoms with Crippen LogP contribution >= 0.6 is 0 Å². The smallest absolute Gasteiger partial charge is 0.395 e. The highest BCUT2D eigenvalue weighted by atomic mass is 19.4. The van der Waals surface area contributed by atoms with E-state index in [0.717, 1.165) is 4.90 Å². The summed E-state index contributed by atoms with van der Waals surface area (Å²) in [5.74, 6) is 0. The molecule has 0 aliphatic carbocycles. The lowest BCUT2D eigenvalue weighted by atomic mass is 10.2. The monoisotopic (exact) mass is 186 g/mol. The normalized spacial score (nSPS) is 15.2. The molecule has 74 valence electrons. The zero-order valence-corrected chi connectivity index (χ0v) is 6.80. The van der Waals surface area contributed by atoms with E-state index in [2.05, 4.69) is 0 Å². The fraction of sp³-hybridized carbons (Fsp3) is 1.00. The summed E-state index contributed by atoms with van der Waals surface area (Å²) in [5, 5.41) is 8.40. The molecule has 0 aromatic rings. The van der Waals surface area contributed by atoms with E-state index >= 15 is 0 Å². The Bertz CT molecular complexity index is 128. The molecule has 3 N–H and O–H groups in total. The Morgan fingerprint density at radius 3 is 2.25 bits per heavy atom. The maximum atomic E-state index is 12.1. The summed E-state index contributed by atoms with van der Waals surface area (Å²) >= 11 is 0. The van der Waals surface area contributed by atoms with Gasteiger partial charge in [0, 0.05) is 13.1 Å². The second kappa shape index (κ2) is 4.64. The first-order chi connectivity index (χ1) is 5.43. The fourth-order valence-electron chi connectivity index (χ4n) is 0.877. The van der Waals surface area contributed by atoms with Crippen LogP contribution in [0.15, 0.2) is 0 Å². The molecule has 1 atom stereocenters. The molecule has 12 heavy (non-hydrogen) atoms. The van der Waals surface area contributed by atoms with Crippen molar-refractivity contribution < 1.29 is 18.3 Å².